The van der Waals surface area contributed by atoms with Gasteiger partial charge in [-0.25, -0.2) is 19.3 Å². The summed E-state index contributed by atoms with van der Waals surface area (Å²) in [5.41, 5.74) is -0.705. The third kappa shape index (κ3) is 4.05. The number of amides is 1. The van der Waals surface area contributed by atoms with Gasteiger partial charge < -0.3 is 9.64 Å². The Balaban J connectivity index is 2.14. The second-order valence-corrected chi connectivity index (χ2v) is 5.66. The molecule has 6 nitrogen and oxygen atoms in total. The molecule has 1 unspecified atom stereocenters. The lowest BCUT2D eigenvalue weighted by atomic mass is 10.1. The standard InChI is InChI=1S/C16H22FN3O3/c1-16(11-14(21)19(2)9-10-22-4)18-15(20(3)23-16)12-7-5-6-8-13(12)17/h5-8H,9-11H2,1-4H3. The van der Waals surface area contributed by atoms with Gasteiger partial charge in [-0.05, 0) is 19.1 Å². The van der Waals surface area contributed by atoms with Gasteiger partial charge in [0.05, 0.1) is 18.6 Å². The van der Waals surface area contributed by atoms with E-state index in [9.17, 15) is 9.18 Å². The van der Waals surface area contributed by atoms with Crippen LogP contribution >= 0.6 is 0 Å². The Morgan fingerprint density at radius 2 is 2.17 bits per heavy atom. The lowest BCUT2D eigenvalue weighted by Gasteiger charge is -2.24. The third-order valence-corrected chi connectivity index (χ3v) is 3.62. The van der Waals surface area contributed by atoms with Gasteiger partial charge in [0.25, 0.3) is 0 Å². The highest BCUT2D eigenvalue weighted by Gasteiger charge is 2.39. The number of hydroxylamine groups is 2. The first kappa shape index (κ1) is 17.4. The molecule has 1 heterocycles. The number of nitrogens with zero attached hydrogens (tertiary/aromatic N) is 3. The molecular weight excluding hydrogens is 301 g/mol. The molecule has 0 N–H and O–H groups in total. The fourth-order valence-electron chi connectivity index (χ4n) is 2.37. The van der Waals surface area contributed by atoms with E-state index < -0.39 is 5.72 Å². The first-order valence-electron chi connectivity index (χ1n) is 7.37. The van der Waals surface area contributed by atoms with Crippen LogP contribution in [0, 0.1) is 5.82 Å². The van der Waals surface area contributed by atoms with Gasteiger partial charge in [0.15, 0.2) is 11.6 Å². The summed E-state index contributed by atoms with van der Waals surface area (Å²) in [7, 11) is 4.93. The van der Waals surface area contributed by atoms with E-state index in [4.69, 9.17) is 9.57 Å². The number of ether oxygens (including phenoxy) is 1. The van der Waals surface area contributed by atoms with Crippen molar-refractivity contribution in [2.75, 3.05) is 34.4 Å². The number of carbonyl (C=O) groups is 1. The molecule has 0 saturated heterocycles. The summed E-state index contributed by atoms with van der Waals surface area (Å²) in [5, 5.41) is 1.40. The molecule has 23 heavy (non-hydrogen) atoms. The average molecular weight is 323 g/mol. The van der Waals surface area contributed by atoms with Gasteiger partial charge in [0.1, 0.15) is 5.82 Å². The van der Waals surface area contributed by atoms with E-state index in [-0.39, 0.29) is 18.1 Å². The van der Waals surface area contributed by atoms with Crippen molar-refractivity contribution in [3.8, 4) is 0 Å². The van der Waals surface area contributed by atoms with Gasteiger partial charge in [0.2, 0.25) is 5.91 Å². The van der Waals surface area contributed by atoms with Crippen molar-refractivity contribution < 1.29 is 18.8 Å². The van der Waals surface area contributed by atoms with Crippen LogP contribution in [0.1, 0.15) is 18.9 Å². The topological polar surface area (TPSA) is 54.4 Å². The van der Waals surface area contributed by atoms with Gasteiger partial charge in [-0.15, -0.1) is 0 Å². The number of hydrogen-bond donors (Lipinski definition) is 0. The summed E-state index contributed by atoms with van der Waals surface area (Å²) < 4.78 is 18.9. The zero-order chi connectivity index (χ0) is 17.0. The fraction of sp³-hybridized carbons (Fsp3) is 0.500. The number of hydrogen-bond acceptors (Lipinski definition) is 5. The molecule has 0 aliphatic carbocycles. The van der Waals surface area contributed by atoms with Crippen LogP contribution in [0.4, 0.5) is 4.39 Å². The molecule has 0 spiro atoms. The molecule has 1 aromatic rings. The summed E-state index contributed by atoms with van der Waals surface area (Å²) in [4.78, 5) is 23.9. The number of amidine groups is 1. The highest BCUT2D eigenvalue weighted by Crippen LogP contribution is 2.29. The predicted octanol–water partition coefficient (Wildman–Crippen LogP) is 1.66. The molecule has 1 aliphatic rings. The number of likely N-dealkylation sites (N-methyl/N-ethyl adjacent to an activating group) is 1. The van der Waals surface area contributed by atoms with E-state index in [0.717, 1.165) is 0 Å². The van der Waals surface area contributed by atoms with Gasteiger partial charge in [-0.1, -0.05) is 12.1 Å². The average Bonchev–Trinajstić information content (AvgIpc) is 2.79. The van der Waals surface area contributed by atoms with Crippen molar-refractivity contribution >= 4 is 11.7 Å². The largest absolute Gasteiger partial charge is 0.383 e. The molecule has 0 fully saturated rings. The maximum atomic E-state index is 13.9. The van der Waals surface area contributed by atoms with E-state index in [1.807, 2.05) is 0 Å². The molecule has 1 amide bonds. The molecule has 1 aliphatic heterocycles. The maximum Gasteiger partial charge on any atom is 0.227 e. The van der Waals surface area contributed by atoms with Crippen molar-refractivity contribution in [3.63, 3.8) is 0 Å². The molecular formula is C16H22FN3O3. The first-order chi connectivity index (χ1) is 10.9. The van der Waals surface area contributed by atoms with Crippen molar-refractivity contribution in [1.29, 1.82) is 0 Å². The Morgan fingerprint density at radius 3 is 2.83 bits per heavy atom. The van der Waals surface area contributed by atoms with E-state index in [0.29, 0.717) is 24.6 Å². The van der Waals surface area contributed by atoms with Crippen LogP contribution in [0.15, 0.2) is 29.3 Å². The Labute approximate surface area is 135 Å². The molecule has 0 saturated carbocycles. The van der Waals surface area contributed by atoms with Crippen molar-refractivity contribution in [3.05, 3.63) is 35.6 Å². The van der Waals surface area contributed by atoms with Gasteiger partial charge in [0, 0.05) is 27.7 Å². The third-order valence-electron chi connectivity index (χ3n) is 3.62. The normalized spacial score (nSPS) is 20.6. The predicted molar refractivity (Wildman–Crippen MR) is 84.3 cm³/mol. The van der Waals surface area contributed by atoms with E-state index in [2.05, 4.69) is 4.99 Å². The highest BCUT2D eigenvalue weighted by atomic mass is 19.1. The van der Waals surface area contributed by atoms with Crippen molar-refractivity contribution in [2.24, 2.45) is 4.99 Å². The minimum atomic E-state index is -1.05. The quantitative estimate of drug-likeness (QED) is 0.799. The molecule has 1 atom stereocenters. The minimum Gasteiger partial charge on any atom is -0.383 e. The summed E-state index contributed by atoms with van der Waals surface area (Å²) in [5.74, 6) is -0.121. The lowest BCUT2D eigenvalue weighted by molar-refractivity contribution is -0.170. The van der Waals surface area contributed by atoms with Gasteiger partial charge in [-0.2, -0.15) is 0 Å². The number of carbonyl (C=O) groups excluding carboxylic acids is 1. The Hall–Kier alpha value is -1.99. The zero-order valence-corrected chi connectivity index (χ0v) is 13.9. The van der Waals surface area contributed by atoms with Crippen LogP contribution in [0.3, 0.4) is 0 Å². The molecule has 0 bridgehead atoms. The van der Waals surface area contributed by atoms with Crippen molar-refractivity contribution in [1.82, 2.24) is 9.96 Å². The molecule has 1 aromatic carbocycles. The second-order valence-electron chi connectivity index (χ2n) is 5.66. The molecule has 126 valence electrons. The lowest BCUT2D eigenvalue weighted by Crippen LogP contribution is -2.37. The van der Waals surface area contributed by atoms with E-state index >= 15 is 0 Å². The van der Waals surface area contributed by atoms with Gasteiger partial charge in [-0.3, -0.25) is 4.79 Å². The van der Waals surface area contributed by atoms with Crippen molar-refractivity contribution in [2.45, 2.75) is 19.1 Å². The van der Waals surface area contributed by atoms with Crippen LogP contribution < -0.4 is 0 Å². The zero-order valence-electron chi connectivity index (χ0n) is 13.9. The monoisotopic (exact) mass is 323 g/mol. The second kappa shape index (κ2) is 7.06. The Bertz CT molecular complexity index is 608. The number of benzene rings is 1. The molecule has 2 rings (SSSR count). The fourth-order valence-corrected chi connectivity index (χ4v) is 2.37. The summed E-state index contributed by atoms with van der Waals surface area (Å²) in [6.45, 7) is 2.66. The van der Waals surface area contributed by atoms with Crippen LogP contribution in [-0.2, 0) is 14.4 Å². The summed E-state index contributed by atoms with van der Waals surface area (Å²) >= 11 is 0. The number of halogens is 1. The van der Waals surface area contributed by atoms with Gasteiger partial charge >= 0.3 is 0 Å². The smallest absolute Gasteiger partial charge is 0.227 e. The molecule has 7 heteroatoms. The molecule has 0 radical (unpaired) electrons. The number of methoxy groups -OCH3 is 1. The number of rotatable bonds is 6. The first-order valence-corrected chi connectivity index (χ1v) is 7.37. The van der Waals surface area contributed by atoms with Crippen LogP contribution in [0.5, 0.6) is 0 Å². The van der Waals surface area contributed by atoms with Crippen LogP contribution in [0.25, 0.3) is 0 Å². The summed E-state index contributed by atoms with van der Waals surface area (Å²) in [6, 6.07) is 6.34. The minimum absolute atomic E-state index is 0.0650. The maximum absolute atomic E-state index is 13.9. The van der Waals surface area contributed by atoms with Crippen LogP contribution in [-0.4, -0.2) is 61.8 Å². The highest BCUT2D eigenvalue weighted by molar-refractivity contribution is 5.99. The van der Waals surface area contributed by atoms with E-state index in [1.54, 1.807) is 51.2 Å². The SMILES string of the molecule is COCCN(C)C(=O)CC1(C)N=C(c2ccccc2F)N(C)O1. The summed E-state index contributed by atoms with van der Waals surface area (Å²) in [6.07, 6.45) is 0.0650. The number of aliphatic imine (C=N–C) groups is 1. The molecule has 0 aromatic heterocycles. The Morgan fingerprint density at radius 1 is 1.48 bits per heavy atom. The van der Waals surface area contributed by atoms with E-state index in [1.165, 1.54) is 11.1 Å². The van der Waals surface area contributed by atoms with Crippen LogP contribution in [0.2, 0.25) is 0 Å². The Kier molecular flexibility index (Phi) is 5.33.